The number of imide groups is 1. The summed E-state index contributed by atoms with van der Waals surface area (Å²) in [7, 11) is 2.16. The molecule has 0 unspecified atom stereocenters. The van der Waals surface area contributed by atoms with Gasteiger partial charge in [0.25, 0.3) is 5.91 Å². The zero-order valence-electron chi connectivity index (χ0n) is 14.3. The molecule has 2 bridgehead atoms. The molecular weight excluding hydrogens is 320 g/mol. The van der Waals surface area contributed by atoms with E-state index in [9.17, 15) is 14.4 Å². The van der Waals surface area contributed by atoms with Gasteiger partial charge in [0.1, 0.15) is 6.54 Å². The van der Waals surface area contributed by atoms with E-state index in [-0.39, 0.29) is 18.4 Å². The van der Waals surface area contributed by atoms with Crippen molar-refractivity contribution in [1.29, 1.82) is 0 Å². The van der Waals surface area contributed by atoms with Gasteiger partial charge in [-0.15, -0.1) is 0 Å². The van der Waals surface area contributed by atoms with Crippen LogP contribution in [0.3, 0.4) is 0 Å². The summed E-state index contributed by atoms with van der Waals surface area (Å²) in [5.41, 5.74) is 1.24. The summed E-state index contributed by atoms with van der Waals surface area (Å²) in [4.78, 5) is 41.6. The first kappa shape index (κ1) is 16.1. The highest BCUT2D eigenvalue weighted by Gasteiger charge is 2.36. The second-order valence-corrected chi connectivity index (χ2v) is 7.08. The third-order valence-electron chi connectivity index (χ3n) is 5.65. The van der Waals surface area contributed by atoms with Gasteiger partial charge in [-0.25, -0.2) is 4.79 Å². The molecule has 3 fully saturated rings. The Morgan fingerprint density at radius 2 is 1.80 bits per heavy atom. The molecule has 25 heavy (non-hydrogen) atoms. The number of nitrogens with zero attached hydrogens (tertiary/aromatic N) is 3. The fourth-order valence-electron chi connectivity index (χ4n) is 4.11. The number of benzene rings is 1. The van der Waals surface area contributed by atoms with Gasteiger partial charge in [0.05, 0.1) is 0 Å². The zero-order valence-corrected chi connectivity index (χ0v) is 14.3. The van der Waals surface area contributed by atoms with Crippen molar-refractivity contribution < 1.29 is 14.4 Å². The van der Waals surface area contributed by atoms with Crippen LogP contribution >= 0.6 is 0 Å². The fourth-order valence-corrected chi connectivity index (χ4v) is 4.11. The predicted molar refractivity (Wildman–Crippen MR) is 92.4 cm³/mol. The quantitative estimate of drug-likeness (QED) is 0.816. The van der Waals surface area contributed by atoms with Crippen LogP contribution in [0.15, 0.2) is 24.3 Å². The number of hydrogen-bond acceptors (Lipinski definition) is 4. The molecule has 4 amide bonds. The molecule has 3 aliphatic heterocycles. The Labute approximate surface area is 146 Å². The first-order valence-corrected chi connectivity index (χ1v) is 8.75. The van der Waals surface area contributed by atoms with Crippen molar-refractivity contribution in [1.82, 2.24) is 15.1 Å². The number of nitrogens with one attached hydrogen (secondary N) is 1. The van der Waals surface area contributed by atoms with Crippen molar-refractivity contribution >= 4 is 23.5 Å². The Hall–Kier alpha value is -2.41. The molecule has 4 rings (SSSR count). The summed E-state index contributed by atoms with van der Waals surface area (Å²) < 4.78 is 0. The van der Waals surface area contributed by atoms with E-state index in [4.69, 9.17) is 0 Å². The molecule has 132 valence electrons. The number of fused-ring (bicyclic) bond motifs is 2. The summed E-state index contributed by atoms with van der Waals surface area (Å²) in [5, 5.41) is 2.25. The fraction of sp³-hybridized carbons (Fsp3) is 0.500. The second kappa shape index (κ2) is 6.15. The van der Waals surface area contributed by atoms with Crippen molar-refractivity contribution in [2.75, 3.05) is 31.6 Å². The molecule has 1 N–H and O–H groups in total. The Morgan fingerprint density at radius 1 is 1.08 bits per heavy atom. The lowest BCUT2D eigenvalue weighted by molar-refractivity contribution is -0.117. The average molecular weight is 342 g/mol. The molecule has 0 radical (unpaired) electrons. The SMILES string of the molecule is CN1[C@H]2CC[C@@H]1CN(C(=O)c1ccc(N3CC(=O)NC3=O)cc1)CC2. The first-order valence-electron chi connectivity index (χ1n) is 8.75. The summed E-state index contributed by atoms with van der Waals surface area (Å²) in [5.74, 6) is -0.275. The molecule has 1 aromatic carbocycles. The van der Waals surface area contributed by atoms with Gasteiger partial charge in [-0.05, 0) is 50.6 Å². The van der Waals surface area contributed by atoms with E-state index in [0.717, 1.165) is 25.9 Å². The molecule has 3 aliphatic rings. The molecule has 3 heterocycles. The molecule has 0 aliphatic carbocycles. The lowest BCUT2D eigenvalue weighted by Crippen LogP contribution is -2.39. The largest absolute Gasteiger partial charge is 0.337 e. The van der Waals surface area contributed by atoms with Gasteiger partial charge in [0.15, 0.2) is 0 Å². The summed E-state index contributed by atoms with van der Waals surface area (Å²) in [6, 6.07) is 7.55. The molecule has 7 nitrogen and oxygen atoms in total. The lowest BCUT2D eigenvalue weighted by atomic mass is 10.1. The lowest BCUT2D eigenvalue weighted by Gasteiger charge is -2.26. The number of amides is 4. The highest BCUT2D eigenvalue weighted by molar-refractivity contribution is 6.12. The minimum Gasteiger partial charge on any atom is -0.337 e. The maximum atomic E-state index is 12.8. The summed E-state index contributed by atoms with van der Waals surface area (Å²) >= 11 is 0. The van der Waals surface area contributed by atoms with Gasteiger partial charge >= 0.3 is 6.03 Å². The number of carbonyl (C=O) groups is 3. The van der Waals surface area contributed by atoms with E-state index in [2.05, 4.69) is 17.3 Å². The van der Waals surface area contributed by atoms with E-state index in [1.807, 2.05) is 4.90 Å². The standard InChI is InChI=1S/C18H22N4O3/c1-20-13-6-7-15(20)10-21(9-8-13)17(24)12-2-4-14(5-3-12)22-11-16(23)19-18(22)25/h2-5,13,15H,6-11H2,1H3,(H,19,23,25)/t13-,15+/m0/s1. The van der Waals surface area contributed by atoms with Crippen LogP contribution < -0.4 is 10.2 Å². The molecular formula is C18H22N4O3. The smallest absolute Gasteiger partial charge is 0.329 e. The zero-order chi connectivity index (χ0) is 17.6. The normalized spacial score (nSPS) is 26.8. The molecule has 0 saturated carbocycles. The van der Waals surface area contributed by atoms with Gasteiger partial charge in [-0.3, -0.25) is 24.7 Å². The van der Waals surface area contributed by atoms with E-state index in [1.54, 1.807) is 24.3 Å². The van der Waals surface area contributed by atoms with E-state index >= 15 is 0 Å². The highest BCUT2D eigenvalue weighted by Crippen LogP contribution is 2.29. The van der Waals surface area contributed by atoms with Gasteiger partial charge in [0.2, 0.25) is 5.91 Å². The number of urea groups is 1. The summed E-state index contributed by atoms with van der Waals surface area (Å²) in [6.45, 7) is 1.58. The maximum Gasteiger partial charge on any atom is 0.329 e. The Kier molecular flexibility index (Phi) is 3.95. The minimum atomic E-state index is -0.421. The van der Waals surface area contributed by atoms with Crippen LogP contribution in [0.5, 0.6) is 0 Å². The molecule has 2 atom stereocenters. The number of rotatable bonds is 2. The Morgan fingerprint density at radius 3 is 2.48 bits per heavy atom. The van der Waals surface area contributed by atoms with Gasteiger partial charge in [-0.1, -0.05) is 0 Å². The minimum absolute atomic E-state index is 0.0215. The number of hydrogen-bond donors (Lipinski definition) is 1. The van der Waals surface area contributed by atoms with Crippen LogP contribution in [0.4, 0.5) is 10.5 Å². The average Bonchev–Trinajstić information content (AvgIpc) is 3.05. The monoisotopic (exact) mass is 342 g/mol. The number of anilines is 1. The highest BCUT2D eigenvalue weighted by atomic mass is 16.2. The van der Waals surface area contributed by atoms with Crippen LogP contribution in [0, 0.1) is 0 Å². The van der Waals surface area contributed by atoms with E-state index in [0.29, 0.717) is 23.3 Å². The van der Waals surface area contributed by atoms with Crippen molar-refractivity contribution in [2.24, 2.45) is 0 Å². The predicted octanol–water partition coefficient (Wildman–Crippen LogP) is 1.05. The van der Waals surface area contributed by atoms with Gasteiger partial charge < -0.3 is 4.90 Å². The topological polar surface area (TPSA) is 73.0 Å². The third-order valence-corrected chi connectivity index (χ3v) is 5.65. The van der Waals surface area contributed by atoms with Crippen LogP contribution in [0.2, 0.25) is 0 Å². The van der Waals surface area contributed by atoms with Crippen LogP contribution in [-0.4, -0.2) is 66.4 Å². The molecule has 3 saturated heterocycles. The van der Waals surface area contributed by atoms with Crippen LogP contribution in [0.25, 0.3) is 0 Å². The molecule has 1 aromatic rings. The number of likely N-dealkylation sites (tertiary alicyclic amines) is 1. The van der Waals surface area contributed by atoms with Crippen molar-refractivity contribution in [2.45, 2.75) is 31.3 Å². The van der Waals surface area contributed by atoms with E-state index < -0.39 is 6.03 Å². The van der Waals surface area contributed by atoms with Gasteiger partial charge in [0, 0.05) is 36.4 Å². The number of carbonyl (C=O) groups excluding carboxylic acids is 3. The molecule has 7 heteroatoms. The third kappa shape index (κ3) is 2.89. The molecule has 0 spiro atoms. The first-order chi connectivity index (χ1) is 12.0. The molecule has 0 aromatic heterocycles. The van der Waals surface area contributed by atoms with Crippen molar-refractivity contribution in [3.63, 3.8) is 0 Å². The second-order valence-electron chi connectivity index (χ2n) is 7.08. The van der Waals surface area contributed by atoms with Crippen LogP contribution in [-0.2, 0) is 4.79 Å². The van der Waals surface area contributed by atoms with Crippen LogP contribution in [0.1, 0.15) is 29.6 Å². The van der Waals surface area contributed by atoms with E-state index in [1.165, 1.54) is 11.3 Å². The van der Waals surface area contributed by atoms with Crippen molar-refractivity contribution in [3.05, 3.63) is 29.8 Å². The number of likely N-dealkylation sites (N-methyl/N-ethyl adjacent to an activating group) is 1. The Balaban J connectivity index is 1.47. The van der Waals surface area contributed by atoms with Crippen molar-refractivity contribution in [3.8, 4) is 0 Å². The maximum absolute atomic E-state index is 12.8. The Bertz CT molecular complexity index is 718. The summed E-state index contributed by atoms with van der Waals surface area (Å²) in [6.07, 6.45) is 3.41. The van der Waals surface area contributed by atoms with Gasteiger partial charge in [-0.2, -0.15) is 0 Å².